The highest BCUT2D eigenvalue weighted by atomic mass is 24.5. The van der Waals surface area contributed by atoms with Gasteiger partial charge in [-0.3, -0.25) is 0 Å². The number of rotatable bonds is 8. The van der Waals surface area contributed by atoms with E-state index in [1.54, 1.807) is 9.10 Å². The van der Waals surface area contributed by atoms with E-state index in [0.717, 1.165) is 11.8 Å². The van der Waals surface area contributed by atoms with Crippen molar-refractivity contribution in [1.29, 1.82) is 0 Å². The van der Waals surface area contributed by atoms with Crippen molar-refractivity contribution in [1.82, 2.24) is 0 Å². The summed E-state index contributed by atoms with van der Waals surface area (Å²) in [7, 11) is 0. The first kappa shape index (κ1) is 13.8. The second kappa shape index (κ2) is 9.33. The van der Waals surface area contributed by atoms with Gasteiger partial charge in [0.15, 0.2) is 0 Å². The van der Waals surface area contributed by atoms with E-state index in [9.17, 15) is 0 Å². The van der Waals surface area contributed by atoms with Gasteiger partial charge in [0, 0.05) is 0 Å². The van der Waals surface area contributed by atoms with Crippen molar-refractivity contribution in [3.8, 4) is 0 Å². The minimum Gasteiger partial charge on any atom is -0.146 e. The van der Waals surface area contributed by atoms with Crippen LogP contribution in [0.4, 0.5) is 0 Å². The van der Waals surface area contributed by atoms with Crippen molar-refractivity contribution >= 4 is 20.4 Å². The Balaban J connectivity index is 2.92. The Kier molecular flexibility index (Phi) is 9.88. The maximum atomic E-state index is 2.35. The molecular formula is C12H26Mg. The molecule has 0 aliphatic heterocycles. The zero-order valence-corrected chi connectivity index (χ0v) is 11.5. The smallest absolute Gasteiger partial charge is 0.146 e. The fourth-order valence-electron chi connectivity index (χ4n) is 1.64. The number of hydrogen-bond acceptors (Lipinski definition) is 0. The summed E-state index contributed by atoms with van der Waals surface area (Å²) in [4.78, 5) is 0. The SMILES string of the molecule is CC(C)CCCC[CH2][Mg][CH2]C(C)C. The lowest BCUT2D eigenvalue weighted by Crippen LogP contribution is -1.95. The number of unbranched alkanes of at least 4 members (excludes halogenated alkanes) is 2. The van der Waals surface area contributed by atoms with Gasteiger partial charge < -0.3 is 0 Å². The monoisotopic (exact) mass is 194 g/mol. The van der Waals surface area contributed by atoms with Gasteiger partial charge in [-0.05, 0) is 5.92 Å². The van der Waals surface area contributed by atoms with Crippen LogP contribution in [-0.4, -0.2) is 20.4 Å². The third kappa shape index (κ3) is 12.8. The van der Waals surface area contributed by atoms with Crippen molar-refractivity contribution in [3.05, 3.63) is 0 Å². The third-order valence-corrected chi connectivity index (χ3v) is 5.13. The van der Waals surface area contributed by atoms with Gasteiger partial charge in [0.05, 0.1) is 0 Å². The van der Waals surface area contributed by atoms with E-state index in [1.165, 1.54) is 25.7 Å². The van der Waals surface area contributed by atoms with E-state index in [2.05, 4.69) is 27.7 Å². The number of hydrogen-bond donors (Lipinski definition) is 0. The van der Waals surface area contributed by atoms with E-state index in [0.29, 0.717) is 20.4 Å². The van der Waals surface area contributed by atoms with Crippen LogP contribution in [-0.2, 0) is 0 Å². The molecule has 13 heavy (non-hydrogen) atoms. The van der Waals surface area contributed by atoms with Crippen LogP contribution in [0.25, 0.3) is 0 Å². The van der Waals surface area contributed by atoms with Gasteiger partial charge in [0.25, 0.3) is 0 Å². The van der Waals surface area contributed by atoms with Crippen molar-refractivity contribution in [2.45, 2.75) is 62.5 Å². The summed E-state index contributed by atoms with van der Waals surface area (Å²) >= 11 is 0.316. The Morgan fingerprint density at radius 1 is 0.846 bits per heavy atom. The lowest BCUT2D eigenvalue weighted by Gasteiger charge is -2.04. The maximum Gasteiger partial charge on any atom is 0.364 e. The van der Waals surface area contributed by atoms with Crippen molar-refractivity contribution in [3.63, 3.8) is 0 Å². The molecule has 0 unspecified atom stereocenters. The topological polar surface area (TPSA) is 0 Å². The summed E-state index contributed by atoms with van der Waals surface area (Å²) < 4.78 is 3.15. The Bertz CT molecular complexity index is 85.3. The summed E-state index contributed by atoms with van der Waals surface area (Å²) in [6, 6.07) is 0. The molecule has 0 aromatic rings. The van der Waals surface area contributed by atoms with Crippen LogP contribution >= 0.6 is 0 Å². The summed E-state index contributed by atoms with van der Waals surface area (Å²) in [6.07, 6.45) is 5.91. The van der Waals surface area contributed by atoms with Crippen LogP contribution in [0, 0.1) is 11.8 Å². The molecule has 0 bridgehead atoms. The van der Waals surface area contributed by atoms with Crippen LogP contribution in [0.5, 0.6) is 0 Å². The standard InChI is InChI=1S/C8H17.C4H9.Mg/c1-4-5-6-7-8(2)3;1-4(2)3;/h8H,1,4-7H2,2-3H3;4H,1H2,2-3H3;. The highest BCUT2D eigenvalue weighted by molar-refractivity contribution is 6.35. The largest absolute Gasteiger partial charge is 0.364 e. The van der Waals surface area contributed by atoms with Gasteiger partial charge in [0.2, 0.25) is 0 Å². The maximum absolute atomic E-state index is 2.35. The first-order chi connectivity index (χ1) is 6.13. The van der Waals surface area contributed by atoms with Crippen molar-refractivity contribution in [2.75, 3.05) is 0 Å². The fourth-order valence-corrected chi connectivity index (χ4v) is 3.45. The molecule has 0 fully saturated rings. The Morgan fingerprint density at radius 2 is 1.54 bits per heavy atom. The molecule has 0 heterocycles. The van der Waals surface area contributed by atoms with Crippen LogP contribution in [0.2, 0.25) is 9.10 Å². The molecule has 76 valence electrons. The van der Waals surface area contributed by atoms with Crippen molar-refractivity contribution < 1.29 is 0 Å². The summed E-state index contributed by atoms with van der Waals surface area (Å²) in [5, 5.41) is 0. The quantitative estimate of drug-likeness (QED) is 0.397. The molecule has 0 N–H and O–H groups in total. The highest BCUT2D eigenvalue weighted by Gasteiger charge is 1.99. The third-order valence-electron chi connectivity index (χ3n) is 2.56. The van der Waals surface area contributed by atoms with E-state index in [-0.39, 0.29) is 0 Å². The second-order valence-corrected chi connectivity index (χ2v) is 7.12. The minimum absolute atomic E-state index is 0.316. The molecule has 0 rings (SSSR count). The lowest BCUT2D eigenvalue weighted by atomic mass is 10.1. The molecule has 0 amide bonds. The van der Waals surface area contributed by atoms with Crippen LogP contribution in [0.3, 0.4) is 0 Å². The molecule has 0 spiro atoms. The van der Waals surface area contributed by atoms with Gasteiger partial charge in [-0.1, -0.05) is 59.3 Å². The lowest BCUT2D eigenvalue weighted by molar-refractivity contribution is 0.534. The second-order valence-electron chi connectivity index (χ2n) is 5.13. The van der Waals surface area contributed by atoms with E-state index < -0.39 is 0 Å². The van der Waals surface area contributed by atoms with Gasteiger partial charge in [0.1, 0.15) is 0 Å². The zero-order valence-electron chi connectivity index (χ0n) is 10.1. The average molecular weight is 195 g/mol. The van der Waals surface area contributed by atoms with Crippen molar-refractivity contribution in [2.24, 2.45) is 11.8 Å². The molecule has 0 nitrogen and oxygen atoms in total. The van der Waals surface area contributed by atoms with Crippen LogP contribution in [0.15, 0.2) is 0 Å². The first-order valence-corrected chi connectivity index (χ1v) is 8.13. The van der Waals surface area contributed by atoms with Gasteiger partial charge in [-0.2, -0.15) is 0 Å². The molecule has 0 aliphatic carbocycles. The molecule has 0 saturated carbocycles. The van der Waals surface area contributed by atoms with Gasteiger partial charge >= 0.3 is 20.4 Å². The Morgan fingerprint density at radius 3 is 2.08 bits per heavy atom. The molecular weight excluding hydrogens is 168 g/mol. The van der Waals surface area contributed by atoms with Gasteiger partial charge in [-0.25, -0.2) is 0 Å². The highest BCUT2D eigenvalue weighted by Crippen LogP contribution is 2.10. The van der Waals surface area contributed by atoms with Crippen LogP contribution < -0.4 is 0 Å². The van der Waals surface area contributed by atoms with E-state index >= 15 is 0 Å². The van der Waals surface area contributed by atoms with E-state index in [1.807, 2.05) is 0 Å². The van der Waals surface area contributed by atoms with Crippen LogP contribution in [0.1, 0.15) is 53.4 Å². The molecule has 0 aromatic heterocycles. The Hall–Kier alpha value is 0.766. The molecule has 0 radical (unpaired) electrons. The summed E-state index contributed by atoms with van der Waals surface area (Å²) in [5.41, 5.74) is 0. The predicted octanol–water partition coefficient (Wildman–Crippen LogP) is 4.40. The van der Waals surface area contributed by atoms with E-state index in [4.69, 9.17) is 0 Å². The molecule has 0 aromatic carbocycles. The molecule has 0 atom stereocenters. The first-order valence-electron chi connectivity index (χ1n) is 6.13. The molecule has 1 heteroatoms. The average Bonchev–Trinajstić information content (AvgIpc) is 2.01. The predicted molar refractivity (Wildman–Crippen MR) is 63.5 cm³/mol. The Labute approximate surface area is 94.6 Å². The normalized spacial score (nSPS) is 10.9. The summed E-state index contributed by atoms with van der Waals surface area (Å²) in [5.74, 6) is 1.87. The molecule has 0 saturated heterocycles. The summed E-state index contributed by atoms with van der Waals surface area (Å²) in [6.45, 7) is 9.36. The fraction of sp³-hybridized carbons (Fsp3) is 1.00. The minimum atomic E-state index is 0.316. The molecule has 0 aliphatic rings. The van der Waals surface area contributed by atoms with Gasteiger partial charge in [-0.15, -0.1) is 9.10 Å². The zero-order chi connectivity index (χ0) is 10.1.